The molecule has 2 N–H and O–H groups in total. The summed E-state index contributed by atoms with van der Waals surface area (Å²) in [6.07, 6.45) is 2.04. The molecule has 2 heterocycles. The second kappa shape index (κ2) is 4.79. The van der Waals surface area contributed by atoms with E-state index in [1.807, 2.05) is 30.5 Å². The zero-order chi connectivity index (χ0) is 14.1. The van der Waals surface area contributed by atoms with Crippen molar-refractivity contribution in [3.8, 4) is 11.1 Å². The molecule has 0 aliphatic rings. The van der Waals surface area contributed by atoms with E-state index in [9.17, 15) is 9.90 Å². The Bertz CT molecular complexity index is 779. The summed E-state index contributed by atoms with van der Waals surface area (Å²) in [4.78, 5) is 10.8. The molecular formula is C15H12N2O3. The first-order chi connectivity index (χ1) is 9.65. The van der Waals surface area contributed by atoms with Gasteiger partial charge in [-0.3, -0.25) is 0 Å². The van der Waals surface area contributed by atoms with Crippen LogP contribution in [0.15, 0.2) is 54.9 Å². The van der Waals surface area contributed by atoms with Crippen LogP contribution < -0.4 is 0 Å². The molecule has 0 bridgehead atoms. The molecule has 3 aromatic rings. The third-order valence-corrected chi connectivity index (χ3v) is 3.17. The van der Waals surface area contributed by atoms with Crippen LogP contribution in [0.25, 0.3) is 16.6 Å². The number of hydrogen-bond acceptors (Lipinski definition) is 3. The molecule has 5 heteroatoms. The normalized spacial score (nSPS) is 12.4. The molecule has 100 valence electrons. The molecule has 5 nitrogen and oxygen atoms in total. The Labute approximate surface area is 114 Å². The predicted octanol–water partition coefficient (Wildman–Crippen LogP) is 2.12. The number of aliphatic carboxylic acids is 1. The van der Waals surface area contributed by atoms with E-state index in [-0.39, 0.29) is 0 Å². The maximum atomic E-state index is 10.8. The summed E-state index contributed by atoms with van der Waals surface area (Å²) in [5.74, 6) is -1.26. The van der Waals surface area contributed by atoms with Gasteiger partial charge < -0.3 is 10.2 Å². The standard InChI is InChI=1S/C15H12N2O3/c18-14(15(19)20)12-3-1-2-10(8-12)11-5-7-17-13(9-11)4-6-16-17/h1-9,14,18H,(H,19,20). The van der Waals surface area contributed by atoms with E-state index in [1.54, 1.807) is 28.9 Å². The molecule has 0 amide bonds. The predicted molar refractivity (Wildman–Crippen MR) is 73.2 cm³/mol. The SMILES string of the molecule is O=C(O)C(O)c1cccc(-c2ccn3nccc3c2)c1. The summed E-state index contributed by atoms with van der Waals surface area (Å²) in [5.41, 5.74) is 3.11. The Hall–Kier alpha value is -2.66. The molecule has 0 radical (unpaired) electrons. The summed E-state index contributed by atoms with van der Waals surface area (Å²) in [6, 6.07) is 12.6. The Kier molecular flexibility index (Phi) is 2.96. The highest BCUT2D eigenvalue weighted by Gasteiger charge is 2.16. The molecule has 1 unspecified atom stereocenters. The molecule has 0 aliphatic carbocycles. The van der Waals surface area contributed by atoms with Crippen molar-refractivity contribution in [2.45, 2.75) is 6.10 Å². The smallest absolute Gasteiger partial charge is 0.337 e. The van der Waals surface area contributed by atoms with E-state index >= 15 is 0 Å². The number of hydrogen-bond donors (Lipinski definition) is 2. The monoisotopic (exact) mass is 268 g/mol. The first-order valence-electron chi connectivity index (χ1n) is 6.10. The lowest BCUT2D eigenvalue weighted by atomic mass is 10.0. The molecular weight excluding hydrogens is 256 g/mol. The number of carbonyl (C=O) groups is 1. The molecule has 0 saturated heterocycles. The third-order valence-electron chi connectivity index (χ3n) is 3.17. The topological polar surface area (TPSA) is 74.8 Å². The van der Waals surface area contributed by atoms with Crippen LogP contribution in [0.1, 0.15) is 11.7 Å². The van der Waals surface area contributed by atoms with E-state index in [1.165, 1.54) is 0 Å². The quantitative estimate of drug-likeness (QED) is 0.763. The Morgan fingerprint density at radius 2 is 1.95 bits per heavy atom. The number of aliphatic hydroxyl groups is 1. The van der Waals surface area contributed by atoms with Gasteiger partial charge in [0.25, 0.3) is 0 Å². The minimum atomic E-state index is -1.51. The van der Waals surface area contributed by atoms with Gasteiger partial charge in [-0.15, -0.1) is 0 Å². The molecule has 1 atom stereocenters. The van der Waals surface area contributed by atoms with Crippen LogP contribution in [0.4, 0.5) is 0 Å². The van der Waals surface area contributed by atoms with Gasteiger partial charge in [0, 0.05) is 12.4 Å². The van der Waals surface area contributed by atoms with Crippen LogP contribution in [0.2, 0.25) is 0 Å². The number of fused-ring (bicyclic) bond motifs is 1. The molecule has 1 aromatic carbocycles. The number of aliphatic hydroxyl groups excluding tert-OH is 1. The van der Waals surface area contributed by atoms with Gasteiger partial charge in [-0.25, -0.2) is 9.31 Å². The zero-order valence-corrected chi connectivity index (χ0v) is 10.5. The lowest BCUT2D eigenvalue weighted by Crippen LogP contribution is -2.10. The van der Waals surface area contributed by atoms with Crippen molar-refractivity contribution in [1.29, 1.82) is 0 Å². The Balaban J connectivity index is 2.05. The van der Waals surface area contributed by atoms with Crippen LogP contribution in [-0.4, -0.2) is 25.8 Å². The van der Waals surface area contributed by atoms with Crippen LogP contribution in [0, 0.1) is 0 Å². The maximum absolute atomic E-state index is 10.8. The second-order valence-corrected chi connectivity index (χ2v) is 4.48. The van der Waals surface area contributed by atoms with Gasteiger partial charge in [0.1, 0.15) is 0 Å². The van der Waals surface area contributed by atoms with Crippen molar-refractivity contribution in [1.82, 2.24) is 9.61 Å². The number of carboxylic acids is 1. The van der Waals surface area contributed by atoms with Crippen LogP contribution >= 0.6 is 0 Å². The van der Waals surface area contributed by atoms with E-state index in [0.29, 0.717) is 5.56 Å². The molecule has 20 heavy (non-hydrogen) atoms. The lowest BCUT2D eigenvalue weighted by molar-refractivity contribution is -0.146. The summed E-state index contributed by atoms with van der Waals surface area (Å²) in [5, 5.41) is 22.6. The van der Waals surface area contributed by atoms with Crippen molar-refractivity contribution in [2.24, 2.45) is 0 Å². The minimum absolute atomic E-state index is 0.364. The van der Waals surface area contributed by atoms with E-state index < -0.39 is 12.1 Å². The van der Waals surface area contributed by atoms with Crippen LogP contribution in [0.3, 0.4) is 0 Å². The van der Waals surface area contributed by atoms with Gasteiger partial charge >= 0.3 is 5.97 Å². The summed E-state index contributed by atoms with van der Waals surface area (Å²) < 4.78 is 1.75. The van der Waals surface area contributed by atoms with Gasteiger partial charge in [0.05, 0.1) is 5.52 Å². The number of pyridine rings is 1. The summed E-state index contributed by atoms with van der Waals surface area (Å²) >= 11 is 0. The highest BCUT2D eigenvalue weighted by Crippen LogP contribution is 2.24. The van der Waals surface area contributed by atoms with Gasteiger partial charge in [-0.05, 0) is 41.0 Å². The van der Waals surface area contributed by atoms with Crippen molar-refractivity contribution in [3.05, 3.63) is 60.4 Å². The van der Waals surface area contributed by atoms with E-state index in [0.717, 1.165) is 16.6 Å². The molecule has 0 aliphatic heterocycles. The molecule has 3 rings (SSSR count). The Morgan fingerprint density at radius 3 is 2.75 bits per heavy atom. The average molecular weight is 268 g/mol. The first kappa shape index (κ1) is 12.4. The lowest BCUT2D eigenvalue weighted by Gasteiger charge is -2.08. The first-order valence-corrected chi connectivity index (χ1v) is 6.10. The summed E-state index contributed by atoms with van der Waals surface area (Å²) in [6.45, 7) is 0. The van der Waals surface area contributed by atoms with Gasteiger partial charge in [-0.2, -0.15) is 5.10 Å². The highest BCUT2D eigenvalue weighted by atomic mass is 16.4. The van der Waals surface area contributed by atoms with Gasteiger partial charge in [0.2, 0.25) is 0 Å². The van der Waals surface area contributed by atoms with Gasteiger partial charge in [-0.1, -0.05) is 18.2 Å². The fraction of sp³-hybridized carbons (Fsp3) is 0.0667. The zero-order valence-electron chi connectivity index (χ0n) is 10.5. The van der Waals surface area contributed by atoms with Crippen molar-refractivity contribution >= 4 is 11.5 Å². The fourth-order valence-corrected chi connectivity index (χ4v) is 2.13. The molecule has 0 fully saturated rings. The van der Waals surface area contributed by atoms with Crippen LogP contribution in [0.5, 0.6) is 0 Å². The molecule has 0 saturated carbocycles. The summed E-state index contributed by atoms with van der Waals surface area (Å²) in [7, 11) is 0. The highest BCUT2D eigenvalue weighted by molar-refractivity contribution is 5.76. The van der Waals surface area contributed by atoms with E-state index in [2.05, 4.69) is 5.10 Å². The van der Waals surface area contributed by atoms with Gasteiger partial charge in [0.15, 0.2) is 6.10 Å². The average Bonchev–Trinajstić information content (AvgIpc) is 2.93. The number of nitrogens with zero attached hydrogens (tertiary/aromatic N) is 2. The number of benzene rings is 1. The number of carboxylic acid groups (broad SMARTS) is 1. The molecule has 2 aromatic heterocycles. The Morgan fingerprint density at radius 1 is 1.15 bits per heavy atom. The van der Waals surface area contributed by atoms with Crippen molar-refractivity contribution in [3.63, 3.8) is 0 Å². The van der Waals surface area contributed by atoms with Crippen molar-refractivity contribution < 1.29 is 15.0 Å². The number of aromatic nitrogens is 2. The minimum Gasteiger partial charge on any atom is -0.479 e. The van der Waals surface area contributed by atoms with E-state index in [4.69, 9.17) is 5.11 Å². The fourth-order valence-electron chi connectivity index (χ4n) is 2.13. The third kappa shape index (κ3) is 2.15. The largest absolute Gasteiger partial charge is 0.479 e. The number of rotatable bonds is 3. The molecule has 0 spiro atoms. The van der Waals surface area contributed by atoms with Crippen molar-refractivity contribution in [2.75, 3.05) is 0 Å². The maximum Gasteiger partial charge on any atom is 0.337 e. The van der Waals surface area contributed by atoms with Crippen LogP contribution in [-0.2, 0) is 4.79 Å². The second-order valence-electron chi connectivity index (χ2n) is 4.48.